The minimum Gasteiger partial charge on any atom is -0.459 e. The molecule has 1 amide bonds. The van der Waals surface area contributed by atoms with E-state index in [2.05, 4.69) is 15.5 Å². The van der Waals surface area contributed by atoms with Gasteiger partial charge >= 0.3 is 0 Å². The third kappa shape index (κ3) is 2.07. The summed E-state index contributed by atoms with van der Waals surface area (Å²) in [6, 6.07) is 1.76. The molecule has 2 aromatic rings. The zero-order valence-electron chi connectivity index (χ0n) is 8.28. The minimum absolute atomic E-state index is 0.210. The van der Waals surface area contributed by atoms with Crippen LogP contribution in [0.2, 0.25) is 0 Å². The van der Waals surface area contributed by atoms with Crippen molar-refractivity contribution < 1.29 is 9.21 Å². The molecule has 0 saturated carbocycles. The molecule has 0 aliphatic carbocycles. The van der Waals surface area contributed by atoms with Crippen LogP contribution >= 0.6 is 0 Å². The summed E-state index contributed by atoms with van der Waals surface area (Å²) in [6.45, 7) is 2.27. The van der Waals surface area contributed by atoms with Crippen molar-refractivity contribution in [1.29, 1.82) is 0 Å². The smallest absolute Gasteiger partial charge is 0.287 e. The zero-order chi connectivity index (χ0) is 10.7. The molecule has 0 aliphatic rings. The maximum atomic E-state index is 11.6. The molecule has 0 atom stereocenters. The first kappa shape index (κ1) is 9.51. The van der Waals surface area contributed by atoms with Gasteiger partial charge in [0.05, 0.1) is 12.5 Å². The number of rotatable bonds is 3. The fourth-order valence-corrected chi connectivity index (χ4v) is 1.24. The number of nitrogens with zero attached hydrogens (tertiary/aromatic N) is 1. The van der Waals surface area contributed by atoms with Gasteiger partial charge < -0.3 is 9.73 Å². The van der Waals surface area contributed by atoms with Crippen molar-refractivity contribution in [3.8, 4) is 0 Å². The zero-order valence-corrected chi connectivity index (χ0v) is 8.28. The van der Waals surface area contributed by atoms with Gasteiger partial charge in [-0.1, -0.05) is 0 Å². The molecule has 15 heavy (non-hydrogen) atoms. The van der Waals surface area contributed by atoms with Crippen molar-refractivity contribution in [3.63, 3.8) is 0 Å². The second-order valence-corrected chi connectivity index (χ2v) is 3.22. The third-order valence-electron chi connectivity index (χ3n) is 2.08. The van der Waals surface area contributed by atoms with Gasteiger partial charge in [0.15, 0.2) is 5.76 Å². The Balaban J connectivity index is 1.96. The Morgan fingerprint density at radius 2 is 2.53 bits per heavy atom. The molecule has 2 N–H and O–H groups in total. The molecule has 0 spiro atoms. The summed E-state index contributed by atoms with van der Waals surface area (Å²) in [4.78, 5) is 11.6. The van der Waals surface area contributed by atoms with Gasteiger partial charge in [-0.15, -0.1) is 0 Å². The van der Waals surface area contributed by atoms with Crippen molar-refractivity contribution in [3.05, 3.63) is 41.6 Å². The van der Waals surface area contributed by atoms with Crippen LogP contribution < -0.4 is 5.32 Å². The number of aromatic nitrogens is 2. The highest BCUT2D eigenvalue weighted by Crippen LogP contribution is 2.08. The van der Waals surface area contributed by atoms with Gasteiger partial charge in [-0.3, -0.25) is 9.89 Å². The molecule has 0 bridgehead atoms. The van der Waals surface area contributed by atoms with Crippen LogP contribution in [0.1, 0.15) is 21.7 Å². The quantitative estimate of drug-likeness (QED) is 0.791. The van der Waals surface area contributed by atoms with E-state index in [1.54, 1.807) is 18.5 Å². The highest BCUT2D eigenvalue weighted by molar-refractivity contribution is 5.92. The standard InChI is InChI=1S/C10H11N3O2/c1-7-2-3-15-9(7)10(14)11-4-8-5-12-13-6-8/h2-3,5-6H,4H2,1H3,(H,11,14)(H,12,13). The average molecular weight is 205 g/mol. The van der Waals surface area contributed by atoms with Gasteiger partial charge in [-0.2, -0.15) is 5.10 Å². The van der Waals surface area contributed by atoms with E-state index in [0.29, 0.717) is 12.3 Å². The van der Waals surface area contributed by atoms with Gasteiger partial charge in [0.25, 0.3) is 5.91 Å². The molecule has 5 nitrogen and oxygen atoms in total. The van der Waals surface area contributed by atoms with Crippen molar-refractivity contribution in [2.45, 2.75) is 13.5 Å². The topological polar surface area (TPSA) is 70.9 Å². The van der Waals surface area contributed by atoms with Crippen LogP contribution in [0.25, 0.3) is 0 Å². The van der Waals surface area contributed by atoms with Crippen LogP contribution in [0.15, 0.2) is 29.1 Å². The number of hydrogen-bond acceptors (Lipinski definition) is 3. The number of furan rings is 1. The second kappa shape index (κ2) is 4.00. The van der Waals surface area contributed by atoms with Crippen LogP contribution in [0.5, 0.6) is 0 Å². The first-order valence-electron chi connectivity index (χ1n) is 4.57. The lowest BCUT2D eigenvalue weighted by Crippen LogP contribution is -2.22. The van der Waals surface area contributed by atoms with Gasteiger partial charge in [0.1, 0.15) is 0 Å². The molecule has 2 rings (SSSR count). The largest absolute Gasteiger partial charge is 0.459 e. The molecule has 0 fully saturated rings. The summed E-state index contributed by atoms with van der Waals surface area (Å²) in [5.74, 6) is 0.150. The monoisotopic (exact) mass is 205 g/mol. The predicted octanol–water partition coefficient (Wildman–Crippen LogP) is 1.24. The molecule has 0 aliphatic heterocycles. The number of carbonyl (C=O) groups excluding carboxylic acids is 1. The Labute approximate surface area is 86.5 Å². The Morgan fingerprint density at radius 1 is 1.67 bits per heavy atom. The first-order chi connectivity index (χ1) is 7.27. The third-order valence-corrected chi connectivity index (χ3v) is 2.08. The van der Waals surface area contributed by atoms with Crippen molar-refractivity contribution in [2.75, 3.05) is 0 Å². The molecular formula is C10H11N3O2. The fourth-order valence-electron chi connectivity index (χ4n) is 1.24. The first-order valence-corrected chi connectivity index (χ1v) is 4.57. The highest BCUT2D eigenvalue weighted by atomic mass is 16.3. The van der Waals surface area contributed by atoms with Crippen LogP contribution in [0.4, 0.5) is 0 Å². The number of nitrogens with one attached hydrogen (secondary N) is 2. The Kier molecular flexibility index (Phi) is 2.53. The lowest BCUT2D eigenvalue weighted by atomic mass is 10.2. The second-order valence-electron chi connectivity index (χ2n) is 3.22. The van der Waals surface area contributed by atoms with Crippen LogP contribution in [0.3, 0.4) is 0 Å². The maximum absolute atomic E-state index is 11.6. The van der Waals surface area contributed by atoms with E-state index in [4.69, 9.17) is 4.42 Å². The molecule has 5 heteroatoms. The number of carbonyl (C=O) groups is 1. The summed E-state index contributed by atoms with van der Waals surface area (Å²) in [7, 11) is 0. The summed E-state index contributed by atoms with van der Waals surface area (Å²) >= 11 is 0. The van der Waals surface area contributed by atoms with Gasteiger partial charge in [-0.25, -0.2) is 0 Å². The lowest BCUT2D eigenvalue weighted by Gasteiger charge is -2.01. The fraction of sp³-hybridized carbons (Fsp3) is 0.200. The van der Waals surface area contributed by atoms with Gasteiger partial charge in [-0.05, 0) is 13.0 Å². The van der Waals surface area contributed by atoms with E-state index in [1.165, 1.54) is 6.26 Å². The van der Waals surface area contributed by atoms with E-state index < -0.39 is 0 Å². The molecule has 0 radical (unpaired) electrons. The highest BCUT2D eigenvalue weighted by Gasteiger charge is 2.11. The van der Waals surface area contributed by atoms with E-state index in [0.717, 1.165) is 11.1 Å². The number of aryl methyl sites for hydroxylation is 1. The predicted molar refractivity (Wildman–Crippen MR) is 53.2 cm³/mol. The number of H-pyrrole nitrogens is 1. The molecule has 2 aromatic heterocycles. The van der Waals surface area contributed by atoms with Crippen molar-refractivity contribution in [2.24, 2.45) is 0 Å². The molecular weight excluding hydrogens is 194 g/mol. The van der Waals surface area contributed by atoms with Crippen molar-refractivity contribution in [1.82, 2.24) is 15.5 Å². The van der Waals surface area contributed by atoms with Crippen LogP contribution in [-0.4, -0.2) is 16.1 Å². The number of aromatic amines is 1. The Hall–Kier alpha value is -2.04. The maximum Gasteiger partial charge on any atom is 0.287 e. The van der Waals surface area contributed by atoms with Crippen molar-refractivity contribution >= 4 is 5.91 Å². The normalized spacial score (nSPS) is 10.2. The summed E-state index contributed by atoms with van der Waals surface area (Å²) in [6.07, 6.45) is 4.90. The summed E-state index contributed by atoms with van der Waals surface area (Å²) in [5.41, 5.74) is 1.76. The Morgan fingerprint density at radius 3 is 3.13 bits per heavy atom. The minimum atomic E-state index is -0.210. The lowest BCUT2D eigenvalue weighted by molar-refractivity contribution is 0.0922. The summed E-state index contributed by atoms with van der Waals surface area (Å²) < 4.78 is 5.06. The van der Waals surface area contributed by atoms with Gasteiger partial charge in [0, 0.05) is 23.9 Å². The van der Waals surface area contributed by atoms with Crippen LogP contribution in [0, 0.1) is 6.92 Å². The number of amides is 1. The molecule has 2 heterocycles. The Bertz CT molecular complexity index is 445. The van der Waals surface area contributed by atoms with E-state index >= 15 is 0 Å². The summed E-state index contributed by atoms with van der Waals surface area (Å²) in [5, 5.41) is 9.19. The van der Waals surface area contributed by atoms with Crippen LogP contribution in [-0.2, 0) is 6.54 Å². The molecule has 0 unspecified atom stereocenters. The van der Waals surface area contributed by atoms with E-state index in [-0.39, 0.29) is 5.91 Å². The average Bonchev–Trinajstić information content (AvgIpc) is 2.84. The molecule has 78 valence electrons. The molecule has 0 aromatic carbocycles. The van der Waals surface area contributed by atoms with Gasteiger partial charge in [0.2, 0.25) is 0 Å². The molecule has 0 saturated heterocycles. The SMILES string of the molecule is Cc1ccoc1C(=O)NCc1cn[nH]c1. The van der Waals surface area contributed by atoms with E-state index in [1.807, 2.05) is 6.92 Å². The number of hydrogen-bond donors (Lipinski definition) is 2. The van der Waals surface area contributed by atoms with E-state index in [9.17, 15) is 4.79 Å².